The molecule has 0 heterocycles. The van der Waals surface area contributed by atoms with E-state index in [9.17, 15) is 14.4 Å². The van der Waals surface area contributed by atoms with E-state index in [0.29, 0.717) is 22.5 Å². The zero-order chi connectivity index (χ0) is 21.0. The van der Waals surface area contributed by atoms with E-state index < -0.39 is 5.41 Å². The number of anilines is 2. The van der Waals surface area contributed by atoms with Crippen LogP contribution in [0, 0.1) is 5.41 Å². The minimum Gasteiger partial charge on any atom is -0.347 e. The first-order chi connectivity index (χ1) is 12.2. The fraction of sp³-hybridized carbons (Fsp3) is 0.476. The molecule has 0 aromatic heterocycles. The molecule has 6 nitrogen and oxygen atoms in total. The van der Waals surface area contributed by atoms with E-state index in [4.69, 9.17) is 0 Å². The molecule has 3 amide bonds. The minimum absolute atomic E-state index is 0.189. The molecule has 1 aromatic rings. The van der Waals surface area contributed by atoms with Crippen LogP contribution in [0.2, 0.25) is 0 Å². The Kier molecular flexibility index (Phi) is 6.95. The van der Waals surface area contributed by atoms with Gasteiger partial charge < -0.3 is 16.0 Å². The van der Waals surface area contributed by atoms with Crippen molar-refractivity contribution in [1.82, 2.24) is 5.32 Å². The van der Waals surface area contributed by atoms with Crippen LogP contribution in [0.15, 0.2) is 30.4 Å². The van der Waals surface area contributed by atoms with Crippen LogP contribution < -0.4 is 16.0 Å². The van der Waals surface area contributed by atoms with Gasteiger partial charge >= 0.3 is 0 Å². The van der Waals surface area contributed by atoms with Crippen LogP contribution in [-0.2, 0) is 9.59 Å². The van der Waals surface area contributed by atoms with Gasteiger partial charge in [-0.05, 0) is 45.4 Å². The number of nitrogens with one attached hydrogen (secondary N) is 3. The van der Waals surface area contributed by atoms with Crippen LogP contribution in [0.4, 0.5) is 11.4 Å². The topological polar surface area (TPSA) is 87.3 Å². The number of rotatable bonds is 6. The smallest absolute Gasteiger partial charge is 0.251 e. The van der Waals surface area contributed by atoms with E-state index in [1.807, 2.05) is 20.8 Å². The Morgan fingerprint density at radius 3 is 1.93 bits per heavy atom. The first kappa shape index (κ1) is 22.4. The molecule has 0 atom stereocenters. The molecular formula is C21H31N3O3. The highest BCUT2D eigenvalue weighted by atomic mass is 16.2. The molecule has 0 fully saturated rings. The molecule has 0 radical (unpaired) electrons. The van der Waals surface area contributed by atoms with Gasteiger partial charge in [-0.25, -0.2) is 0 Å². The number of hydrogen-bond donors (Lipinski definition) is 3. The number of amides is 3. The molecule has 0 aliphatic rings. The molecule has 0 spiro atoms. The average Bonchev–Trinajstić information content (AvgIpc) is 2.53. The van der Waals surface area contributed by atoms with Crippen LogP contribution in [0.5, 0.6) is 0 Å². The second-order valence-electron chi connectivity index (χ2n) is 8.43. The van der Waals surface area contributed by atoms with E-state index in [0.717, 1.165) is 6.42 Å². The van der Waals surface area contributed by atoms with Gasteiger partial charge in [0.05, 0.1) is 0 Å². The standard InChI is InChI=1S/C21H31N3O3/c1-9-21(7,8)24-18(26)14-10-15(22-17(25)13(2)3)12-16(11-14)23-19(27)20(4,5)6/h10-12H,2,9H2,1,3-8H3,(H,22,25)(H,23,27)(H,24,26). The number of carbonyl (C=O) groups excluding carboxylic acids is 3. The van der Waals surface area contributed by atoms with Crippen LogP contribution in [0.1, 0.15) is 65.2 Å². The van der Waals surface area contributed by atoms with Crippen LogP contribution in [-0.4, -0.2) is 23.3 Å². The lowest BCUT2D eigenvalue weighted by Crippen LogP contribution is -2.42. The van der Waals surface area contributed by atoms with Crippen molar-refractivity contribution in [2.75, 3.05) is 10.6 Å². The van der Waals surface area contributed by atoms with Gasteiger partial charge in [-0.1, -0.05) is 34.3 Å². The highest BCUT2D eigenvalue weighted by Crippen LogP contribution is 2.23. The molecule has 0 saturated carbocycles. The van der Waals surface area contributed by atoms with Crippen molar-refractivity contribution < 1.29 is 14.4 Å². The highest BCUT2D eigenvalue weighted by molar-refractivity contribution is 6.05. The van der Waals surface area contributed by atoms with E-state index >= 15 is 0 Å². The number of benzene rings is 1. The maximum absolute atomic E-state index is 12.7. The molecule has 0 saturated heterocycles. The quantitative estimate of drug-likeness (QED) is 0.656. The largest absolute Gasteiger partial charge is 0.347 e. The lowest BCUT2D eigenvalue weighted by Gasteiger charge is -2.25. The summed E-state index contributed by atoms with van der Waals surface area (Å²) in [4.78, 5) is 37.0. The molecule has 0 bridgehead atoms. The first-order valence-electron chi connectivity index (χ1n) is 9.01. The summed E-state index contributed by atoms with van der Waals surface area (Å²) in [6.45, 7) is 16.4. The van der Waals surface area contributed by atoms with Crippen molar-refractivity contribution in [3.63, 3.8) is 0 Å². The summed E-state index contributed by atoms with van der Waals surface area (Å²) in [6.07, 6.45) is 0.762. The molecule has 1 rings (SSSR count). The van der Waals surface area contributed by atoms with Gasteiger partial charge in [-0.15, -0.1) is 0 Å². The summed E-state index contributed by atoms with van der Waals surface area (Å²) in [7, 11) is 0. The van der Waals surface area contributed by atoms with Gasteiger partial charge in [-0.3, -0.25) is 14.4 Å². The highest BCUT2D eigenvalue weighted by Gasteiger charge is 2.23. The molecule has 148 valence electrons. The Balaban J connectivity index is 3.26. The van der Waals surface area contributed by atoms with Gasteiger partial charge in [0.2, 0.25) is 5.91 Å². The molecule has 1 aromatic carbocycles. The third kappa shape index (κ3) is 6.89. The van der Waals surface area contributed by atoms with E-state index in [1.165, 1.54) is 0 Å². The van der Waals surface area contributed by atoms with Gasteiger partial charge in [-0.2, -0.15) is 0 Å². The van der Waals surface area contributed by atoms with E-state index in [-0.39, 0.29) is 23.3 Å². The molecule has 0 aliphatic carbocycles. The predicted molar refractivity (Wildman–Crippen MR) is 110 cm³/mol. The summed E-state index contributed by atoms with van der Waals surface area (Å²) in [6, 6.07) is 4.79. The Bertz CT molecular complexity index is 758. The lowest BCUT2D eigenvalue weighted by atomic mass is 9.95. The normalized spacial score (nSPS) is 11.5. The molecule has 0 unspecified atom stereocenters. The average molecular weight is 373 g/mol. The summed E-state index contributed by atoms with van der Waals surface area (Å²) in [5, 5.41) is 8.45. The fourth-order valence-corrected chi connectivity index (χ4v) is 1.93. The molecule has 3 N–H and O–H groups in total. The van der Waals surface area contributed by atoms with Crippen LogP contribution in [0.25, 0.3) is 0 Å². The third-order valence-electron chi connectivity index (χ3n) is 4.12. The van der Waals surface area contributed by atoms with Crippen molar-refractivity contribution in [1.29, 1.82) is 0 Å². The maximum atomic E-state index is 12.7. The molecule has 6 heteroatoms. The predicted octanol–water partition coefficient (Wildman–Crippen LogP) is 4.10. The molecule has 27 heavy (non-hydrogen) atoms. The third-order valence-corrected chi connectivity index (χ3v) is 4.12. The summed E-state index contributed by atoms with van der Waals surface area (Å²) < 4.78 is 0. The lowest BCUT2D eigenvalue weighted by molar-refractivity contribution is -0.123. The van der Waals surface area contributed by atoms with E-state index in [1.54, 1.807) is 45.9 Å². The SMILES string of the molecule is C=C(C)C(=O)Nc1cc(NC(=O)C(C)(C)C)cc(C(=O)NC(C)(C)CC)c1. The summed E-state index contributed by atoms with van der Waals surface area (Å²) in [5.74, 6) is -0.819. The number of hydrogen-bond acceptors (Lipinski definition) is 3. The van der Waals surface area contributed by atoms with Crippen LogP contribution >= 0.6 is 0 Å². The Hall–Kier alpha value is -2.63. The van der Waals surface area contributed by atoms with Gasteiger partial charge in [0.1, 0.15) is 0 Å². The van der Waals surface area contributed by atoms with Crippen molar-refractivity contribution in [3.8, 4) is 0 Å². The maximum Gasteiger partial charge on any atom is 0.251 e. The Morgan fingerprint density at radius 2 is 1.48 bits per heavy atom. The molecular weight excluding hydrogens is 342 g/mol. The van der Waals surface area contributed by atoms with Crippen molar-refractivity contribution >= 4 is 29.1 Å². The number of carbonyl (C=O) groups is 3. The van der Waals surface area contributed by atoms with E-state index in [2.05, 4.69) is 22.5 Å². The zero-order valence-electron chi connectivity index (χ0n) is 17.4. The first-order valence-corrected chi connectivity index (χ1v) is 9.01. The summed E-state index contributed by atoms with van der Waals surface area (Å²) >= 11 is 0. The van der Waals surface area contributed by atoms with Crippen LogP contribution in [0.3, 0.4) is 0 Å². The zero-order valence-corrected chi connectivity index (χ0v) is 17.4. The second kappa shape index (κ2) is 8.37. The Morgan fingerprint density at radius 1 is 0.963 bits per heavy atom. The van der Waals surface area contributed by atoms with Crippen molar-refractivity contribution in [3.05, 3.63) is 35.9 Å². The summed E-state index contributed by atoms with van der Waals surface area (Å²) in [5.41, 5.74) is 0.576. The van der Waals surface area contributed by atoms with Gasteiger partial charge in [0, 0.05) is 33.5 Å². The van der Waals surface area contributed by atoms with Crippen molar-refractivity contribution in [2.45, 2.75) is 60.4 Å². The van der Waals surface area contributed by atoms with Gasteiger partial charge in [0.25, 0.3) is 11.8 Å². The van der Waals surface area contributed by atoms with Crippen molar-refractivity contribution in [2.24, 2.45) is 5.41 Å². The monoisotopic (exact) mass is 373 g/mol. The second-order valence-corrected chi connectivity index (χ2v) is 8.43. The minimum atomic E-state index is -0.594. The molecule has 0 aliphatic heterocycles. The van der Waals surface area contributed by atoms with Gasteiger partial charge in [0.15, 0.2) is 0 Å². The fourth-order valence-electron chi connectivity index (χ4n) is 1.93. The Labute approximate surface area is 161 Å².